The molecule has 0 aliphatic carbocycles. The number of azo groups is 1. The summed E-state index contributed by atoms with van der Waals surface area (Å²) >= 11 is 0. The molecule has 0 atom stereocenters. The molecule has 2 amide bonds. The van der Waals surface area contributed by atoms with Gasteiger partial charge in [-0.25, -0.2) is 0 Å². The van der Waals surface area contributed by atoms with Crippen LogP contribution in [0.4, 0.5) is 0 Å². The molecule has 0 spiro atoms. The van der Waals surface area contributed by atoms with E-state index in [4.69, 9.17) is 11.5 Å². The first-order chi connectivity index (χ1) is 4.63. The minimum Gasteiger partial charge on any atom is -0.368 e. The molecule has 0 bridgehead atoms. The second-order valence-electron chi connectivity index (χ2n) is 1.53. The van der Waals surface area contributed by atoms with Gasteiger partial charge in [0.2, 0.25) is 11.8 Å². The molecule has 0 rings (SSSR count). The summed E-state index contributed by atoms with van der Waals surface area (Å²) in [7, 11) is 0. The quantitative estimate of drug-likeness (QED) is 0.463. The molecule has 6 heteroatoms. The summed E-state index contributed by atoms with van der Waals surface area (Å²) in [5, 5.41) is 6.52. The molecule has 0 saturated carbocycles. The monoisotopic (exact) mass is 144 g/mol. The molecule has 0 heterocycles. The van der Waals surface area contributed by atoms with Crippen LogP contribution in [0.3, 0.4) is 0 Å². The number of primary amides is 2. The lowest BCUT2D eigenvalue weighted by Crippen LogP contribution is -2.15. The third-order valence-corrected chi connectivity index (χ3v) is 0.553. The van der Waals surface area contributed by atoms with Crippen molar-refractivity contribution in [3.05, 3.63) is 0 Å². The molecule has 0 unspecified atom stereocenters. The Morgan fingerprint density at radius 3 is 1.50 bits per heavy atom. The second-order valence-corrected chi connectivity index (χ2v) is 1.53. The second kappa shape index (κ2) is 4.42. The van der Waals surface area contributed by atoms with E-state index >= 15 is 0 Å². The molecule has 0 aromatic carbocycles. The van der Waals surface area contributed by atoms with E-state index in [1.807, 2.05) is 0 Å². The number of rotatable bonds is 4. The fraction of sp³-hybridized carbons (Fsp3) is 0.500. The smallest absolute Gasteiger partial charge is 0.241 e. The highest BCUT2D eigenvalue weighted by Gasteiger charge is 1.90. The first kappa shape index (κ1) is 8.54. The van der Waals surface area contributed by atoms with Crippen LogP contribution >= 0.6 is 0 Å². The normalized spacial score (nSPS) is 10.0. The molecule has 0 aliphatic rings. The van der Waals surface area contributed by atoms with Crippen LogP contribution in [0, 0.1) is 0 Å². The van der Waals surface area contributed by atoms with E-state index in [1.54, 1.807) is 0 Å². The van der Waals surface area contributed by atoms with Crippen LogP contribution < -0.4 is 11.5 Å². The van der Waals surface area contributed by atoms with Crippen molar-refractivity contribution in [2.45, 2.75) is 0 Å². The minimum absolute atomic E-state index is 0.201. The number of nitrogens with two attached hydrogens (primary N) is 2. The Morgan fingerprint density at radius 2 is 1.30 bits per heavy atom. The van der Waals surface area contributed by atoms with Gasteiger partial charge in [0.05, 0.1) is 0 Å². The number of amides is 2. The van der Waals surface area contributed by atoms with Gasteiger partial charge in [-0.3, -0.25) is 9.59 Å². The van der Waals surface area contributed by atoms with Gasteiger partial charge in [-0.15, -0.1) is 0 Å². The summed E-state index contributed by atoms with van der Waals surface area (Å²) in [6.07, 6.45) is 0. The Balaban J connectivity index is 3.38. The van der Waals surface area contributed by atoms with Crippen molar-refractivity contribution in [2.75, 3.05) is 13.1 Å². The van der Waals surface area contributed by atoms with Gasteiger partial charge in [-0.2, -0.15) is 10.2 Å². The van der Waals surface area contributed by atoms with Gasteiger partial charge in [0, 0.05) is 0 Å². The predicted octanol–water partition coefficient (Wildman–Crippen LogP) is -1.59. The van der Waals surface area contributed by atoms with Gasteiger partial charge in [-0.1, -0.05) is 0 Å². The summed E-state index contributed by atoms with van der Waals surface area (Å²) in [6, 6.07) is 0. The molecule has 0 aliphatic heterocycles. The predicted molar refractivity (Wildman–Crippen MR) is 33.0 cm³/mol. The maximum atomic E-state index is 10.00. The lowest BCUT2D eigenvalue weighted by molar-refractivity contribution is -0.118. The van der Waals surface area contributed by atoms with Crippen LogP contribution in [-0.4, -0.2) is 24.9 Å². The van der Waals surface area contributed by atoms with Crippen molar-refractivity contribution in [2.24, 2.45) is 21.7 Å². The molecule has 4 N–H and O–H groups in total. The van der Waals surface area contributed by atoms with E-state index in [2.05, 4.69) is 10.2 Å². The summed E-state index contributed by atoms with van der Waals surface area (Å²) in [5.41, 5.74) is 9.40. The number of hydrogen-bond donors (Lipinski definition) is 2. The standard InChI is InChI=1S/C4H8N4O2/c5-3(9)1-7-8-2-4(6)10/h1-2H2,(H2,5,9)(H2,6,10). The van der Waals surface area contributed by atoms with E-state index in [1.165, 1.54) is 0 Å². The Morgan fingerprint density at radius 1 is 1.00 bits per heavy atom. The van der Waals surface area contributed by atoms with Crippen LogP contribution in [0.15, 0.2) is 10.2 Å². The highest BCUT2D eigenvalue weighted by Crippen LogP contribution is 1.73. The van der Waals surface area contributed by atoms with E-state index in [-0.39, 0.29) is 13.1 Å². The molecule has 0 aromatic heterocycles. The van der Waals surface area contributed by atoms with Gasteiger partial charge in [0.25, 0.3) is 0 Å². The topological polar surface area (TPSA) is 111 Å². The Hall–Kier alpha value is -1.46. The maximum Gasteiger partial charge on any atom is 0.241 e. The summed E-state index contributed by atoms with van der Waals surface area (Å²) in [6.45, 7) is -0.402. The first-order valence-electron chi connectivity index (χ1n) is 2.53. The van der Waals surface area contributed by atoms with Gasteiger partial charge < -0.3 is 11.5 Å². The SMILES string of the molecule is NC(=O)CN=NCC(N)=O. The van der Waals surface area contributed by atoms with E-state index in [0.717, 1.165) is 0 Å². The Labute approximate surface area is 57.3 Å². The average molecular weight is 144 g/mol. The Bertz CT molecular complexity index is 147. The lowest BCUT2D eigenvalue weighted by Gasteiger charge is -1.84. The highest BCUT2D eigenvalue weighted by molar-refractivity contribution is 5.76. The highest BCUT2D eigenvalue weighted by atomic mass is 16.1. The molecule has 0 radical (unpaired) electrons. The molecule has 0 saturated heterocycles. The zero-order chi connectivity index (χ0) is 7.98. The van der Waals surface area contributed by atoms with Gasteiger partial charge in [-0.05, 0) is 0 Å². The molecule has 10 heavy (non-hydrogen) atoms. The molecule has 0 fully saturated rings. The number of nitrogens with zero attached hydrogens (tertiary/aromatic N) is 2. The van der Waals surface area contributed by atoms with Crippen molar-refractivity contribution >= 4 is 11.8 Å². The van der Waals surface area contributed by atoms with Crippen LogP contribution in [0.1, 0.15) is 0 Å². The number of carbonyl (C=O) groups is 2. The van der Waals surface area contributed by atoms with Crippen LogP contribution in [0.5, 0.6) is 0 Å². The molecular formula is C4H8N4O2. The zero-order valence-electron chi connectivity index (χ0n) is 5.28. The van der Waals surface area contributed by atoms with Crippen molar-refractivity contribution < 1.29 is 9.59 Å². The lowest BCUT2D eigenvalue weighted by atomic mass is 10.6. The van der Waals surface area contributed by atoms with Crippen LogP contribution in [-0.2, 0) is 9.59 Å². The van der Waals surface area contributed by atoms with E-state index < -0.39 is 11.8 Å². The molecule has 0 aromatic rings. The minimum atomic E-state index is -0.590. The largest absolute Gasteiger partial charge is 0.368 e. The maximum absolute atomic E-state index is 10.00. The van der Waals surface area contributed by atoms with E-state index in [0.29, 0.717) is 0 Å². The Kier molecular flexibility index (Phi) is 3.78. The van der Waals surface area contributed by atoms with Gasteiger partial charge >= 0.3 is 0 Å². The van der Waals surface area contributed by atoms with Crippen LogP contribution in [0.2, 0.25) is 0 Å². The van der Waals surface area contributed by atoms with Gasteiger partial charge in [0.15, 0.2) is 0 Å². The molecular weight excluding hydrogens is 136 g/mol. The number of carbonyl (C=O) groups excluding carboxylic acids is 2. The summed E-state index contributed by atoms with van der Waals surface area (Å²) < 4.78 is 0. The fourth-order valence-corrected chi connectivity index (χ4v) is 0.239. The van der Waals surface area contributed by atoms with Crippen LogP contribution in [0.25, 0.3) is 0 Å². The molecule has 56 valence electrons. The zero-order valence-corrected chi connectivity index (χ0v) is 5.28. The first-order valence-corrected chi connectivity index (χ1v) is 2.53. The average Bonchev–Trinajstić information content (AvgIpc) is 1.79. The number of hydrogen-bond acceptors (Lipinski definition) is 4. The van der Waals surface area contributed by atoms with Crippen molar-refractivity contribution in [1.29, 1.82) is 0 Å². The van der Waals surface area contributed by atoms with Crippen molar-refractivity contribution in [3.63, 3.8) is 0 Å². The van der Waals surface area contributed by atoms with E-state index in [9.17, 15) is 9.59 Å². The summed E-state index contributed by atoms with van der Waals surface area (Å²) in [5.74, 6) is -1.18. The molecule has 6 nitrogen and oxygen atoms in total. The van der Waals surface area contributed by atoms with Crippen molar-refractivity contribution in [3.8, 4) is 0 Å². The third-order valence-electron chi connectivity index (χ3n) is 0.553. The fourth-order valence-electron chi connectivity index (χ4n) is 0.239. The summed E-state index contributed by atoms with van der Waals surface area (Å²) in [4.78, 5) is 20.0. The van der Waals surface area contributed by atoms with Gasteiger partial charge in [0.1, 0.15) is 13.1 Å². The van der Waals surface area contributed by atoms with Crippen molar-refractivity contribution in [1.82, 2.24) is 0 Å². The third kappa shape index (κ3) is 6.54.